The zero-order valence-corrected chi connectivity index (χ0v) is 12.4. The molecule has 1 amide bonds. The van der Waals surface area contributed by atoms with Crippen molar-refractivity contribution in [3.05, 3.63) is 50.7 Å². The lowest BCUT2D eigenvalue weighted by Crippen LogP contribution is -2.13. The normalized spacial score (nSPS) is 10.3. The molecule has 0 spiro atoms. The number of rotatable bonds is 2. The van der Waals surface area contributed by atoms with Gasteiger partial charge in [-0.2, -0.15) is 0 Å². The topological polar surface area (TPSA) is 62.2 Å². The van der Waals surface area contributed by atoms with Gasteiger partial charge in [-0.15, -0.1) is 0 Å². The molecule has 0 aliphatic heterocycles. The fourth-order valence-corrected chi connectivity index (χ4v) is 2.09. The van der Waals surface area contributed by atoms with Gasteiger partial charge in [0.15, 0.2) is 5.75 Å². The van der Waals surface area contributed by atoms with Crippen molar-refractivity contribution in [2.75, 3.05) is 5.32 Å². The van der Waals surface area contributed by atoms with Gasteiger partial charge in [-0.1, -0.05) is 23.2 Å². The van der Waals surface area contributed by atoms with E-state index in [1.165, 1.54) is 18.3 Å². The lowest BCUT2D eigenvalue weighted by Gasteiger charge is -2.08. The summed E-state index contributed by atoms with van der Waals surface area (Å²) in [6.45, 7) is 0. The lowest BCUT2D eigenvalue weighted by atomic mass is 10.2. The number of carbonyl (C=O) groups is 1. The molecule has 0 radical (unpaired) electrons. The second kappa shape index (κ2) is 5.77. The molecule has 0 fully saturated rings. The van der Waals surface area contributed by atoms with Crippen LogP contribution in [-0.4, -0.2) is 16.0 Å². The number of carbonyl (C=O) groups excluding carboxylic acids is 1. The third-order valence-corrected chi connectivity index (χ3v) is 3.21. The van der Waals surface area contributed by atoms with Gasteiger partial charge in [0.25, 0.3) is 5.91 Å². The number of halogens is 3. The highest BCUT2D eigenvalue weighted by Crippen LogP contribution is 2.35. The van der Waals surface area contributed by atoms with E-state index in [0.717, 1.165) is 4.47 Å². The van der Waals surface area contributed by atoms with Crippen LogP contribution in [0.2, 0.25) is 10.0 Å². The maximum absolute atomic E-state index is 11.9. The molecule has 19 heavy (non-hydrogen) atoms. The number of hydrogen-bond donors (Lipinski definition) is 2. The zero-order valence-electron chi connectivity index (χ0n) is 9.32. The minimum absolute atomic E-state index is 0.0616. The highest BCUT2D eigenvalue weighted by atomic mass is 79.9. The third kappa shape index (κ3) is 3.37. The van der Waals surface area contributed by atoms with Crippen LogP contribution in [0.25, 0.3) is 0 Å². The summed E-state index contributed by atoms with van der Waals surface area (Å²) < 4.78 is 0.762. The van der Waals surface area contributed by atoms with Gasteiger partial charge in [0, 0.05) is 15.7 Å². The number of benzene rings is 1. The van der Waals surface area contributed by atoms with Crippen LogP contribution in [0.15, 0.2) is 34.9 Å². The number of anilines is 1. The smallest absolute Gasteiger partial charge is 0.274 e. The van der Waals surface area contributed by atoms with Crippen LogP contribution in [0.4, 0.5) is 5.69 Å². The molecular weight excluding hydrogens is 355 g/mol. The summed E-state index contributed by atoms with van der Waals surface area (Å²) in [5.41, 5.74) is 0.339. The Bertz CT molecular complexity index is 632. The fraction of sp³-hybridized carbons (Fsp3) is 0. The molecule has 1 heterocycles. The number of phenolic OH excluding ortho intramolecular Hbond substituents is 1. The summed E-state index contributed by atoms with van der Waals surface area (Å²) in [6.07, 6.45) is 1.50. The first kappa shape index (κ1) is 14.1. The van der Waals surface area contributed by atoms with Crippen LogP contribution in [0, 0.1) is 0 Å². The van der Waals surface area contributed by atoms with Gasteiger partial charge in [0.2, 0.25) is 0 Å². The number of hydrogen-bond acceptors (Lipinski definition) is 3. The molecule has 0 atom stereocenters. The summed E-state index contributed by atoms with van der Waals surface area (Å²) in [6, 6.07) is 6.01. The van der Waals surface area contributed by atoms with Gasteiger partial charge in [0.05, 0.1) is 10.7 Å². The van der Waals surface area contributed by atoms with E-state index in [0.29, 0.717) is 5.02 Å². The van der Waals surface area contributed by atoms with E-state index < -0.39 is 5.91 Å². The summed E-state index contributed by atoms with van der Waals surface area (Å²) >= 11 is 14.8. The predicted molar refractivity (Wildman–Crippen MR) is 78.0 cm³/mol. The number of aromatic nitrogens is 1. The maximum Gasteiger partial charge on any atom is 0.274 e. The molecule has 0 aliphatic rings. The van der Waals surface area contributed by atoms with Gasteiger partial charge in [-0.3, -0.25) is 4.79 Å². The monoisotopic (exact) mass is 360 g/mol. The number of amides is 1. The van der Waals surface area contributed by atoms with Gasteiger partial charge in [0.1, 0.15) is 5.69 Å². The van der Waals surface area contributed by atoms with E-state index in [1.54, 1.807) is 12.1 Å². The summed E-state index contributed by atoms with van der Waals surface area (Å²) in [5.74, 6) is -0.710. The molecule has 1 aromatic heterocycles. The van der Waals surface area contributed by atoms with Crippen molar-refractivity contribution in [2.24, 2.45) is 0 Å². The molecule has 98 valence electrons. The SMILES string of the molecule is O=C(Nc1cc(Cl)cc(Cl)c1O)c1ccc(Br)cn1. The Labute approximate surface area is 127 Å². The van der Waals surface area contributed by atoms with Crippen molar-refractivity contribution in [1.29, 1.82) is 0 Å². The minimum Gasteiger partial charge on any atom is -0.504 e. The molecule has 7 heteroatoms. The number of nitrogens with one attached hydrogen (secondary N) is 1. The Balaban J connectivity index is 2.26. The van der Waals surface area contributed by atoms with Crippen molar-refractivity contribution >= 4 is 50.7 Å². The third-order valence-electron chi connectivity index (χ3n) is 2.24. The van der Waals surface area contributed by atoms with Crippen molar-refractivity contribution in [3.8, 4) is 5.75 Å². The molecule has 0 unspecified atom stereocenters. The Morgan fingerprint density at radius 3 is 2.68 bits per heavy atom. The van der Waals surface area contributed by atoms with Crippen LogP contribution in [0.3, 0.4) is 0 Å². The highest BCUT2D eigenvalue weighted by molar-refractivity contribution is 9.10. The van der Waals surface area contributed by atoms with Crippen LogP contribution < -0.4 is 5.32 Å². The molecule has 1 aromatic carbocycles. The summed E-state index contributed by atoms with van der Waals surface area (Å²) in [5, 5.41) is 12.6. The van der Waals surface area contributed by atoms with Crippen molar-refractivity contribution < 1.29 is 9.90 Å². The Kier molecular flexibility index (Phi) is 4.29. The zero-order chi connectivity index (χ0) is 14.0. The second-order valence-electron chi connectivity index (χ2n) is 3.60. The molecule has 0 aliphatic carbocycles. The molecule has 0 saturated heterocycles. The fourth-order valence-electron chi connectivity index (χ4n) is 1.36. The predicted octanol–water partition coefficient (Wildman–Crippen LogP) is 4.11. The van der Waals surface area contributed by atoms with Crippen LogP contribution in [-0.2, 0) is 0 Å². The molecule has 2 aromatic rings. The van der Waals surface area contributed by atoms with E-state index in [9.17, 15) is 9.90 Å². The van der Waals surface area contributed by atoms with E-state index >= 15 is 0 Å². The average molecular weight is 362 g/mol. The Morgan fingerprint density at radius 2 is 2.05 bits per heavy atom. The first-order valence-electron chi connectivity index (χ1n) is 5.08. The van der Waals surface area contributed by atoms with Gasteiger partial charge < -0.3 is 10.4 Å². The quantitative estimate of drug-likeness (QED) is 0.791. The van der Waals surface area contributed by atoms with E-state index in [-0.39, 0.29) is 22.2 Å². The first-order chi connectivity index (χ1) is 8.97. The average Bonchev–Trinajstić information content (AvgIpc) is 2.36. The molecule has 4 nitrogen and oxygen atoms in total. The van der Waals surface area contributed by atoms with E-state index in [4.69, 9.17) is 23.2 Å². The first-order valence-corrected chi connectivity index (χ1v) is 6.63. The lowest BCUT2D eigenvalue weighted by molar-refractivity contribution is 0.102. The Morgan fingerprint density at radius 1 is 1.32 bits per heavy atom. The van der Waals surface area contributed by atoms with Crippen molar-refractivity contribution in [1.82, 2.24) is 4.98 Å². The highest BCUT2D eigenvalue weighted by Gasteiger charge is 2.13. The molecule has 2 rings (SSSR count). The largest absolute Gasteiger partial charge is 0.504 e. The minimum atomic E-state index is -0.471. The summed E-state index contributed by atoms with van der Waals surface area (Å²) in [7, 11) is 0. The molecular formula is C12H7BrCl2N2O2. The van der Waals surface area contributed by atoms with Crippen molar-refractivity contribution in [2.45, 2.75) is 0 Å². The maximum atomic E-state index is 11.9. The number of pyridine rings is 1. The molecule has 0 bridgehead atoms. The van der Waals surface area contributed by atoms with Gasteiger partial charge in [-0.05, 0) is 40.2 Å². The molecule has 0 saturated carbocycles. The van der Waals surface area contributed by atoms with Gasteiger partial charge >= 0.3 is 0 Å². The van der Waals surface area contributed by atoms with E-state index in [2.05, 4.69) is 26.2 Å². The number of nitrogens with zero attached hydrogens (tertiary/aromatic N) is 1. The van der Waals surface area contributed by atoms with Crippen LogP contribution in [0.5, 0.6) is 5.75 Å². The Hall–Kier alpha value is -1.30. The second-order valence-corrected chi connectivity index (χ2v) is 5.36. The summed E-state index contributed by atoms with van der Waals surface area (Å²) in [4.78, 5) is 15.9. The number of aromatic hydroxyl groups is 1. The van der Waals surface area contributed by atoms with Crippen LogP contribution in [0.1, 0.15) is 10.5 Å². The van der Waals surface area contributed by atoms with E-state index in [1.807, 2.05) is 0 Å². The standard InChI is InChI=1S/C12H7BrCl2N2O2/c13-6-1-2-9(16-5-6)12(19)17-10-4-7(14)3-8(15)11(10)18/h1-5,18H,(H,17,19). The van der Waals surface area contributed by atoms with Crippen LogP contribution >= 0.6 is 39.1 Å². The molecule has 2 N–H and O–H groups in total. The number of phenols is 1. The van der Waals surface area contributed by atoms with Gasteiger partial charge in [-0.25, -0.2) is 4.98 Å². The van der Waals surface area contributed by atoms with Crippen molar-refractivity contribution in [3.63, 3.8) is 0 Å².